The molecule has 0 N–H and O–H groups in total. The first-order valence-corrected chi connectivity index (χ1v) is 6.26. The van der Waals surface area contributed by atoms with Gasteiger partial charge in [0.05, 0.1) is 19.4 Å². The summed E-state index contributed by atoms with van der Waals surface area (Å²) in [4.78, 5) is 46.9. The number of carbonyl (C=O) groups is 4. The molecule has 1 aromatic carbocycles. The van der Waals surface area contributed by atoms with Crippen molar-refractivity contribution in [3.63, 3.8) is 0 Å². The Hall–Kier alpha value is -2.30. The number of imide groups is 1. The zero-order valence-corrected chi connectivity index (χ0v) is 11.6. The molecule has 0 atom stereocenters. The van der Waals surface area contributed by atoms with Crippen LogP contribution in [0.3, 0.4) is 0 Å². The Morgan fingerprint density at radius 3 is 1.70 bits per heavy atom. The standard InChI is InChI=1S/C15H17NO4/c1-11(17)8-14(19)16(15(20)9-12(2)18)10-13-6-4-3-5-7-13/h3-7H,8-10H2,1-2H3. The predicted molar refractivity (Wildman–Crippen MR) is 72.6 cm³/mol. The van der Waals surface area contributed by atoms with Crippen molar-refractivity contribution in [1.29, 1.82) is 0 Å². The maximum Gasteiger partial charge on any atom is 0.236 e. The van der Waals surface area contributed by atoms with Crippen LogP contribution in [0, 0.1) is 0 Å². The molecule has 0 spiro atoms. The van der Waals surface area contributed by atoms with Gasteiger partial charge in [-0.25, -0.2) is 0 Å². The van der Waals surface area contributed by atoms with E-state index in [0.717, 1.165) is 10.5 Å². The van der Waals surface area contributed by atoms with E-state index in [9.17, 15) is 19.2 Å². The lowest BCUT2D eigenvalue weighted by Crippen LogP contribution is -2.38. The zero-order valence-electron chi connectivity index (χ0n) is 11.6. The van der Waals surface area contributed by atoms with Crippen molar-refractivity contribution in [3.8, 4) is 0 Å². The first-order chi connectivity index (χ1) is 9.40. The summed E-state index contributed by atoms with van der Waals surface area (Å²) >= 11 is 0. The van der Waals surface area contributed by atoms with Gasteiger partial charge in [-0.1, -0.05) is 30.3 Å². The van der Waals surface area contributed by atoms with E-state index in [4.69, 9.17) is 0 Å². The van der Waals surface area contributed by atoms with Gasteiger partial charge in [0.1, 0.15) is 11.6 Å². The van der Waals surface area contributed by atoms with Crippen LogP contribution in [0.2, 0.25) is 0 Å². The molecular formula is C15H17NO4. The average molecular weight is 275 g/mol. The van der Waals surface area contributed by atoms with Crippen molar-refractivity contribution in [2.24, 2.45) is 0 Å². The number of amides is 2. The molecule has 5 heteroatoms. The van der Waals surface area contributed by atoms with Gasteiger partial charge in [-0.2, -0.15) is 0 Å². The van der Waals surface area contributed by atoms with E-state index in [1.807, 2.05) is 6.07 Å². The normalized spacial score (nSPS) is 9.90. The van der Waals surface area contributed by atoms with Gasteiger partial charge in [-0.05, 0) is 19.4 Å². The third-order valence-electron chi connectivity index (χ3n) is 2.59. The molecule has 0 saturated carbocycles. The van der Waals surface area contributed by atoms with Crippen LogP contribution >= 0.6 is 0 Å². The first-order valence-electron chi connectivity index (χ1n) is 6.26. The van der Waals surface area contributed by atoms with Crippen LogP contribution in [0.5, 0.6) is 0 Å². The lowest BCUT2D eigenvalue weighted by Gasteiger charge is -2.20. The molecule has 0 heterocycles. The lowest BCUT2D eigenvalue weighted by molar-refractivity contribution is -0.147. The van der Waals surface area contributed by atoms with E-state index >= 15 is 0 Å². The molecule has 0 aliphatic rings. The van der Waals surface area contributed by atoms with Crippen molar-refractivity contribution in [3.05, 3.63) is 35.9 Å². The molecule has 0 radical (unpaired) electrons. The van der Waals surface area contributed by atoms with Gasteiger partial charge in [0.2, 0.25) is 11.8 Å². The fourth-order valence-corrected chi connectivity index (χ4v) is 1.70. The lowest BCUT2D eigenvalue weighted by atomic mass is 10.1. The summed E-state index contributed by atoms with van der Waals surface area (Å²) in [5.41, 5.74) is 0.765. The molecule has 20 heavy (non-hydrogen) atoms. The summed E-state index contributed by atoms with van der Waals surface area (Å²) in [6.07, 6.45) is -0.674. The van der Waals surface area contributed by atoms with Crippen molar-refractivity contribution in [2.75, 3.05) is 0 Å². The molecule has 1 rings (SSSR count). The van der Waals surface area contributed by atoms with Crippen LogP contribution in [0.4, 0.5) is 0 Å². The molecule has 0 aliphatic heterocycles. The van der Waals surface area contributed by atoms with Crippen LogP contribution in [0.25, 0.3) is 0 Å². The largest absolute Gasteiger partial charge is 0.299 e. The highest BCUT2D eigenvalue weighted by atomic mass is 16.2. The number of Topliss-reactive ketones (excluding diaryl/α,β-unsaturated/α-hetero) is 2. The predicted octanol–water partition coefficient (Wildman–Crippen LogP) is 1.50. The van der Waals surface area contributed by atoms with Crippen LogP contribution < -0.4 is 0 Å². The topological polar surface area (TPSA) is 71.5 Å². The van der Waals surface area contributed by atoms with Crippen LogP contribution in [0.1, 0.15) is 32.3 Å². The summed E-state index contributed by atoms with van der Waals surface area (Å²) < 4.78 is 0. The third-order valence-corrected chi connectivity index (χ3v) is 2.59. The van der Waals surface area contributed by atoms with Crippen LogP contribution in [-0.2, 0) is 25.7 Å². The van der Waals surface area contributed by atoms with E-state index in [0.29, 0.717) is 0 Å². The molecule has 1 aromatic rings. The van der Waals surface area contributed by atoms with E-state index in [2.05, 4.69) is 0 Å². The summed E-state index contributed by atoms with van der Waals surface area (Å²) in [6, 6.07) is 8.95. The van der Waals surface area contributed by atoms with Crippen LogP contribution in [0.15, 0.2) is 30.3 Å². The first kappa shape index (κ1) is 15.8. The van der Waals surface area contributed by atoms with Gasteiger partial charge in [0.15, 0.2) is 0 Å². The number of rotatable bonds is 6. The molecular weight excluding hydrogens is 258 g/mol. The molecule has 5 nitrogen and oxygen atoms in total. The number of nitrogens with zero attached hydrogens (tertiary/aromatic N) is 1. The Bertz CT molecular complexity index is 494. The third kappa shape index (κ3) is 5.14. The van der Waals surface area contributed by atoms with E-state index in [1.165, 1.54) is 13.8 Å². The molecule has 106 valence electrons. The summed E-state index contributed by atoms with van der Waals surface area (Å²) in [7, 11) is 0. The smallest absolute Gasteiger partial charge is 0.236 e. The van der Waals surface area contributed by atoms with E-state index in [1.54, 1.807) is 24.3 Å². The molecule has 0 aromatic heterocycles. The minimum Gasteiger partial charge on any atom is -0.299 e. The van der Waals surface area contributed by atoms with Gasteiger partial charge in [0, 0.05) is 0 Å². The molecule has 0 aliphatic carbocycles. The summed E-state index contributed by atoms with van der Waals surface area (Å²) in [5, 5.41) is 0. The van der Waals surface area contributed by atoms with Crippen molar-refractivity contribution in [1.82, 2.24) is 4.90 Å². The number of ketones is 2. The van der Waals surface area contributed by atoms with Crippen molar-refractivity contribution in [2.45, 2.75) is 33.2 Å². The highest BCUT2D eigenvalue weighted by Crippen LogP contribution is 2.08. The molecule has 0 saturated heterocycles. The fraction of sp³-hybridized carbons (Fsp3) is 0.333. The second kappa shape index (κ2) is 7.33. The van der Waals surface area contributed by atoms with Gasteiger partial charge in [0.25, 0.3) is 0 Å². The highest BCUT2D eigenvalue weighted by Gasteiger charge is 2.23. The minimum absolute atomic E-state index is 0.0685. The van der Waals surface area contributed by atoms with E-state index in [-0.39, 0.29) is 31.0 Å². The number of hydrogen-bond donors (Lipinski definition) is 0. The average Bonchev–Trinajstić information content (AvgIpc) is 2.35. The maximum atomic E-state index is 12.0. The Morgan fingerprint density at radius 2 is 1.30 bits per heavy atom. The maximum absolute atomic E-state index is 12.0. The molecule has 2 amide bonds. The highest BCUT2D eigenvalue weighted by molar-refractivity contribution is 6.08. The fourth-order valence-electron chi connectivity index (χ4n) is 1.70. The molecule has 0 fully saturated rings. The molecule has 0 bridgehead atoms. The summed E-state index contributed by atoms with van der Waals surface area (Å²) in [6.45, 7) is 2.64. The van der Waals surface area contributed by atoms with Gasteiger partial charge in [-0.15, -0.1) is 0 Å². The monoisotopic (exact) mass is 275 g/mol. The Labute approximate surface area is 117 Å². The Morgan fingerprint density at radius 1 is 0.850 bits per heavy atom. The van der Waals surface area contributed by atoms with Gasteiger partial charge >= 0.3 is 0 Å². The molecule has 0 unspecified atom stereocenters. The minimum atomic E-state index is -0.576. The number of carbonyl (C=O) groups excluding carboxylic acids is 4. The number of hydrogen-bond acceptors (Lipinski definition) is 4. The van der Waals surface area contributed by atoms with Gasteiger partial charge < -0.3 is 0 Å². The van der Waals surface area contributed by atoms with Crippen LogP contribution in [-0.4, -0.2) is 28.3 Å². The zero-order chi connectivity index (χ0) is 15.1. The Balaban J connectivity index is 2.89. The number of benzene rings is 1. The summed E-state index contributed by atoms with van der Waals surface area (Å²) in [5.74, 6) is -1.78. The van der Waals surface area contributed by atoms with E-state index < -0.39 is 11.8 Å². The van der Waals surface area contributed by atoms with Crippen molar-refractivity contribution < 1.29 is 19.2 Å². The van der Waals surface area contributed by atoms with Gasteiger partial charge in [-0.3, -0.25) is 24.1 Å². The van der Waals surface area contributed by atoms with Crippen molar-refractivity contribution >= 4 is 23.4 Å². The second-order valence-corrected chi connectivity index (χ2v) is 4.62. The quantitative estimate of drug-likeness (QED) is 0.738. The SMILES string of the molecule is CC(=O)CC(=O)N(Cc1ccccc1)C(=O)CC(C)=O. The Kier molecular flexibility index (Phi) is 5.77. The second-order valence-electron chi connectivity index (χ2n) is 4.62.